The van der Waals surface area contributed by atoms with E-state index in [1.54, 1.807) is 52.1 Å². The lowest BCUT2D eigenvalue weighted by molar-refractivity contribution is -0.298. The molecule has 1 fully saturated rings. The summed E-state index contributed by atoms with van der Waals surface area (Å²) in [4.78, 5) is 28.6. The molecule has 2 aliphatic heterocycles. The van der Waals surface area contributed by atoms with Crippen LogP contribution in [0.15, 0.2) is 70.4 Å². The van der Waals surface area contributed by atoms with Gasteiger partial charge in [-0.05, 0) is 90.0 Å². The molecule has 4 rings (SSSR count). The second kappa shape index (κ2) is 18.0. The average Bonchev–Trinajstić information content (AvgIpc) is 3.10. The molecule has 0 bridgehead atoms. The highest BCUT2D eigenvalue weighted by Crippen LogP contribution is 2.41. The summed E-state index contributed by atoms with van der Waals surface area (Å²) in [6.07, 6.45) is -1.64. The standard InChI is InChI=1S/C40H57BrN2O9/c1-24(22-42-31(23-44)28-16-18-30(41)19-17-28)21-40(7,47-10)35(26(3)33-27(4)36(45)52-39(5,6)51-33)50-38-34(32(43(8)9)20-25(2)48-38)49-37(46)29-14-12-11-13-15-29/h11-19,24-26,31-32,34-35,38,42,44H,20-23H2,1-10H3/t24-,25-,26+,31+,32+,34-,35-,38+,40-/m1/s1. The van der Waals surface area contributed by atoms with Crippen LogP contribution in [-0.2, 0) is 33.2 Å². The van der Waals surface area contributed by atoms with Crippen LogP contribution in [0.5, 0.6) is 0 Å². The van der Waals surface area contributed by atoms with E-state index in [-0.39, 0.29) is 30.7 Å². The summed E-state index contributed by atoms with van der Waals surface area (Å²) < 4.78 is 39.0. The number of halogens is 1. The third kappa shape index (κ3) is 10.4. The fraction of sp³-hybridized carbons (Fsp3) is 0.600. The number of methoxy groups -OCH3 is 1. The number of hydrogen-bond donors (Lipinski definition) is 2. The molecule has 2 aromatic rings. The lowest BCUT2D eigenvalue weighted by atomic mass is 9.80. The van der Waals surface area contributed by atoms with Crippen molar-refractivity contribution in [1.29, 1.82) is 0 Å². The van der Waals surface area contributed by atoms with Gasteiger partial charge in [0.1, 0.15) is 5.76 Å². The molecule has 1 saturated heterocycles. The van der Waals surface area contributed by atoms with E-state index >= 15 is 0 Å². The van der Waals surface area contributed by atoms with Gasteiger partial charge in [-0.2, -0.15) is 0 Å². The maximum Gasteiger partial charge on any atom is 0.340 e. The maximum atomic E-state index is 13.5. The highest BCUT2D eigenvalue weighted by Gasteiger charge is 2.50. The number of esters is 2. The molecule has 2 heterocycles. The Balaban J connectivity index is 1.69. The Morgan fingerprint density at radius 2 is 1.77 bits per heavy atom. The van der Waals surface area contributed by atoms with Crippen molar-refractivity contribution < 1.29 is 43.1 Å². The zero-order valence-corrected chi connectivity index (χ0v) is 33.8. The Bertz CT molecular complexity index is 1520. The Kier molecular flexibility index (Phi) is 14.5. The number of benzene rings is 2. The summed E-state index contributed by atoms with van der Waals surface area (Å²) in [6, 6.07) is 16.2. The van der Waals surface area contributed by atoms with Crippen LogP contribution < -0.4 is 5.32 Å². The number of rotatable bonds is 16. The van der Waals surface area contributed by atoms with Gasteiger partial charge in [0, 0.05) is 31.3 Å². The number of aliphatic hydroxyl groups excluding tert-OH is 1. The van der Waals surface area contributed by atoms with Gasteiger partial charge in [-0.15, -0.1) is 0 Å². The first-order chi connectivity index (χ1) is 24.5. The van der Waals surface area contributed by atoms with Crippen LogP contribution in [0.3, 0.4) is 0 Å². The molecule has 2 aromatic carbocycles. The molecule has 9 atom stereocenters. The highest BCUT2D eigenvalue weighted by molar-refractivity contribution is 9.10. The Labute approximate surface area is 317 Å². The molecule has 2 N–H and O–H groups in total. The lowest BCUT2D eigenvalue weighted by Gasteiger charge is -2.48. The lowest BCUT2D eigenvalue weighted by Crippen LogP contribution is -2.59. The van der Waals surface area contributed by atoms with Crippen LogP contribution in [0.4, 0.5) is 0 Å². The summed E-state index contributed by atoms with van der Waals surface area (Å²) in [5.41, 5.74) is 0.765. The third-order valence-corrected chi connectivity index (χ3v) is 10.5. The minimum absolute atomic E-state index is 0.0314. The summed E-state index contributed by atoms with van der Waals surface area (Å²) >= 11 is 3.48. The summed E-state index contributed by atoms with van der Waals surface area (Å²) in [7, 11) is 5.54. The number of hydrogen-bond acceptors (Lipinski definition) is 11. The number of carbonyl (C=O) groups is 2. The van der Waals surface area contributed by atoms with Gasteiger partial charge in [0.05, 0.1) is 47.6 Å². The molecule has 12 heteroatoms. The molecule has 288 valence electrons. The van der Waals surface area contributed by atoms with Crippen LogP contribution in [0.1, 0.15) is 83.3 Å². The number of carbonyl (C=O) groups excluding carboxylic acids is 2. The van der Waals surface area contributed by atoms with Crippen LogP contribution in [-0.4, -0.2) is 98.3 Å². The second-order valence-corrected chi connectivity index (χ2v) is 16.0. The van der Waals surface area contributed by atoms with Gasteiger partial charge in [-0.3, -0.25) is 0 Å². The Hall–Kier alpha value is -2.84. The van der Waals surface area contributed by atoms with Crippen molar-refractivity contribution in [3.8, 4) is 0 Å². The highest BCUT2D eigenvalue weighted by atomic mass is 79.9. The molecular weight excluding hydrogens is 732 g/mol. The second-order valence-electron chi connectivity index (χ2n) is 15.1. The van der Waals surface area contributed by atoms with Crippen molar-refractivity contribution in [2.45, 2.75) is 109 Å². The topological polar surface area (TPSA) is 125 Å². The molecule has 11 nitrogen and oxygen atoms in total. The summed E-state index contributed by atoms with van der Waals surface area (Å²) in [5.74, 6) is -2.22. The van der Waals surface area contributed by atoms with E-state index in [4.69, 9.17) is 28.4 Å². The van der Waals surface area contributed by atoms with Crippen molar-refractivity contribution in [3.63, 3.8) is 0 Å². The number of cyclic esters (lactones) is 1. The fourth-order valence-corrected chi connectivity index (χ4v) is 7.47. The fourth-order valence-electron chi connectivity index (χ4n) is 7.21. The van der Waals surface area contributed by atoms with Crippen LogP contribution in [0.2, 0.25) is 0 Å². The summed E-state index contributed by atoms with van der Waals surface area (Å²) in [6.45, 7) is 13.6. The molecule has 2 aliphatic rings. The molecule has 0 aliphatic carbocycles. The van der Waals surface area contributed by atoms with Gasteiger partial charge in [0.25, 0.3) is 0 Å². The molecule has 0 amide bonds. The summed E-state index contributed by atoms with van der Waals surface area (Å²) in [5, 5.41) is 13.7. The average molecular weight is 790 g/mol. The predicted molar refractivity (Wildman–Crippen MR) is 201 cm³/mol. The molecule has 0 aromatic heterocycles. The smallest absolute Gasteiger partial charge is 0.340 e. The van der Waals surface area contributed by atoms with Gasteiger partial charge in [-0.1, -0.05) is 60.1 Å². The van der Waals surface area contributed by atoms with Crippen LogP contribution in [0, 0.1) is 11.8 Å². The van der Waals surface area contributed by atoms with E-state index in [0.717, 1.165) is 10.0 Å². The van der Waals surface area contributed by atoms with Gasteiger partial charge in [0.2, 0.25) is 5.79 Å². The van der Waals surface area contributed by atoms with Crippen molar-refractivity contribution in [1.82, 2.24) is 10.2 Å². The zero-order valence-electron chi connectivity index (χ0n) is 32.2. The van der Waals surface area contributed by atoms with E-state index < -0.39 is 47.7 Å². The van der Waals surface area contributed by atoms with Gasteiger partial charge >= 0.3 is 11.9 Å². The number of aliphatic hydroxyl groups is 1. The van der Waals surface area contributed by atoms with E-state index in [1.807, 2.05) is 70.1 Å². The van der Waals surface area contributed by atoms with Crippen molar-refractivity contribution in [2.24, 2.45) is 11.8 Å². The Morgan fingerprint density at radius 3 is 2.37 bits per heavy atom. The molecule has 0 spiro atoms. The molecule has 0 radical (unpaired) electrons. The normalized spacial score (nSPS) is 25.4. The van der Waals surface area contributed by atoms with E-state index in [2.05, 4.69) is 28.2 Å². The zero-order chi connectivity index (χ0) is 38.4. The number of nitrogens with zero attached hydrogens (tertiary/aromatic N) is 1. The molecule has 0 unspecified atom stereocenters. The SMILES string of the molecule is CO[C@](C)(C[C@@H](C)CN[C@@H](CO)c1ccc(Br)cc1)[C@H](O[C@@H]1O[C@H](C)C[C@H](N(C)C)[C@H]1OC(=O)c1ccccc1)[C@@H](C)C1=C(C)C(=O)OC(C)(C)O1. The third-order valence-electron chi connectivity index (χ3n) is 10.0. The Morgan fingerprint density at radius 1 is 1.12 bits per heavy atom. The first-order valence-corrected chi connectivity index (χ1v) is 18.8. The molecule has 52 heavy (non-hydrogen) atoms. The maximum absolute atomic E-state index is 13.5. The van der Waals surface area contributed by atoms with Crippen LogP contribution >= 0.6 is 15.9 Å². The largest absolute Gasteiger partial charge is 0.456 e. The van der Waals surface area contributed by atoms with E-state index in [9.17, 15) is 14.7 Å². The van der Waals surface area contributed by atoms with Crippen molar-refractivity contribution in [2.75, 3.05) is 34.4 Å². The van der Waals surface area contributed by atoms with E-state index in [1.165, 1.54) is 0 Å². The van der Waals surface area contributed by atoms with Crippen molar-refractivity contribution >= 4 is 27.9 Å². The van der Waals surface area contributed by atoms with Gasteiger partial charge in [0.15, 0.2) is 12.4 Å². The number of likely N-dealkylation sites (N-methyl/N-ethyl adjacent to an activating group) is 1. The monoisotopic (exact) mass is 788 g/mol. The number of ether oxygens (including phenoxy) is 6. The van der Waals surface area contributed by atoms with Crippen molar-refractivity contribution in [3.05, 3.63) is 81.5 Å². The first-order valence-electron chi connectivity index (χ1n) is 18.0. The first kappa shape index (κ1) is 41.9. The minimum Gasteiger partial charge on any atom is -0.456 e. The van der Waals surface area contributed by atoms with Crippen LogP contribution in [0.25, 0.3) is 0 Å². The van der Waals surface area contributed by atoms with E-state index in [0.29, 0.717) is 36.3 Å². The predicted octanol–water partition coefficient (Wildman–Crippen LogP) is 6.40. The number of nitrogens with one attached hydrogen (secondary N) is 1. The van der Waals surface area contributed by atoms with Gasteiger partial charge in [-0.25, -0.2) is 9.59 Å². The minimum atomic E-state index is -1.20. The van der Waals surface area contributed by atoms with Gasteiger partial charge < -0.3 is 43.7 Å². The molecule has 0 saturated carbocycles. The molecular formula is C40H57BrN2O9. The quantitative estimate of drug-likeness (QED) is 0.184.